The van der Waals surface area contributed by atoms with Gasteiger partial charge in [0.15, 0.2) is 0 Å². The zero-order valence-electron chi connectivity index (χ0n) is 8.18. The van der Waals surface area contributed by atoms with Crippen molar-refractivity contribution in [2.75, 3.05) is 5.33 Å². The van der Waals surface area contributed by atoms with E-state index in [0.29, 0.717) is 0 Å². The van der Waals surface area contributed by atoms with Gasteiger partial charge in [-0.3, -0.25) is 0 Å². The Hall–Kier alpha value is -0.560. The highest BCUT2D eigenvalue weighted by molar-refractivity contribution is 9.09. The molecule has 0 heterocycles. The molecule has 0 nitrogen and oxygen atoms in total. The molecule has 1 aromatic carbocycles. The van der Waals surface area contributed by atoms with E-state index in [4.69, 9.17) is 0 Å². The van der Waals surface area contributed by atoms with Crippen LogP contribution in [0.3, 0.4) is 0 Å². The van der Waals surface area contributed by atoms with Gasteiger partial charge in [0.25, 0.3) is 0 Å². The van der Waals surface area contributed by atoms with Gasteiger partial charge in [-0.15, -0.1) is 0 Å². The number of hydrogen-bond acceptors (Lipinski definition) is 0. The maximum absolute atomic E-state index is 3.40. The van der Waals surface area contributed by atoms with Gasteiger partial charge in [0.2, 0.25) is 0 Å². The van der Waals surface area contributed by atoms with Gasteiger partial charge in [-0.05, 0) is 25.8 Å². The average Bonchev–Trinajstić information content (AvgIpc) is 2.03. The molecule has 70 valence electrons. The van der Waals surface area contributed by atoms with Crippen LogP contribution in [-0.2, 0) is 0 Å². The molecule has 0 N–H and O–H groups in total. The van der Waals surface area contributed by atoms with E-state index < -0.39 is 0 Å². The zero-order valence-corrected chi connectivity index (χ0v) is 9.76. The van der Waals surface area contributed by atoms with Gasteiger partial charge in [0.1, 0.15) is 0 Å². The molecule has 0 saturated heterocycles. The summed E-state index contributed by atoms with van der Waals surface area (Å²) in [6.07, 6.45) is 5.47. The molecule has 0 radical (unpaired) electrons. The zero-order chi connectivity index (χ0) is 9.68. The number of rotatable bonds is 3. The minimum atomic E-state index is 1.04. The van der Waals surface area contributed by atoms with Crippen molar-refractivity contribution in [2.24, 2.45) is 0 Å². The Labute approximate surface area is 88.8 Å². The fourth-order valence-electron chi connectivity index (χ4n) is 1.39. The molecule has 0 aliphatic rings. The average molecular weight is 239 g/mol. The van der Waals surface area contributed by atoms with Crippen molar-refractivity contribution in [3.05, 3.63) is 41.0 Å². The van der Waals surface area contributed by atoms with Gasteiger partial charge >= 0.3 is 0 Å². The van der Waals surface area contributed by atoms with Crippen LogP contribution in [0.1, 0.15) is 23.1 Å². The van der Waals surface area contributed by atoms with Gasteiger partial charge in [-0.1, -0.05) is 57.4 Å². The first-order valence-corrected chi connectivity index (χ1v) is 5.65. The van der Waals surface area contributed by atoms with E-state index >= 15 is 0 Å². The van der Waals surface area contributed by atoms with Gasteiger partial charge in [-0.2, -0.15) is 0 Å². The Balaban J connectivity index is 2.77. The predicted molar refractivity (Wildman–Crippen MR) is 63.4 cm³/mol. The molecule has 0 fully saturated rings. The Morgan fingerprint density at radius 3 is 2.31 bits per heavy atom. The van der Waals surface area contributed by atoms with Crippen LogP contribution < -0.4 is 0 Å². The molecule has 0 amide bonds. The minimum Gasteiger partial charge on any atom is -0.0925 e. The second-order valence-electron chi connectivity index (χ2n) is 3.30. The first kappa shape index (κ1) is 10.5. The van der Waals surface area contributed by atoms with Crippen LogP contribution in [0.5, 0.6) is 0 Å². The summed E-state index contributed by atoms with van der Waals surface area (Å²) in [6.45, 7) is 4.27. The van der Waals surface area contributed by atoms with Crippen molar-refractivity contribution in [2.45, 2.75) is 20.3 Å². The van der Waals surface area contributed by atoms with Crippen LogP contribution in [0.15, 0.2) is 24.3 Å². The highest BCUT2D eigenvalue weighted by Crippen LogP contribution is 2.10. The van der Waals surface area contributed by atoms with Crippen LogP contribution >= 0.6 is 15.9 Å². The molecule has 1 rings (SSSR count). The SMILES string of the molecule is Cc1cc(C)cc(C=CCCBr)c1. The first-order valence-electron chi connectivity index (χ1n) is 4.53. The fraction of sp³-hybridized carbons (Fsp3) is 0.333. The van der Waals surface area contributed by atoms with Crippen LogP contribution in [0.2, 0.25) is 0 Å². The number of hydrogen-bond donors (Lipinski definition) is 0. The van der Waals surface area contributed by atoms with Crippen LogP contribution in [0.4, 0.5) is 0 Å². The standard InChI is InChI=1S/C12H15Br/c1-10-7-11(2)9-12(8-10)5-3-4-6-13/h3,5,7-9H,4,6H2,1-2H3. The summed E-state index contributed by atoms with van der Waals surface area (Å²) in [7, 11) is 0. The Kier molecular flexibility index (Phi) is 4.23. The largest absolute Gasteiger partial charge is 0.0925 e. The number of allylic oxidation sites excluding steroid dienone is 1. The second-order valence-corrected chi connectivity index (χ2v) is 4.09. The molecular formula is C12H15Br. The quantitative estimate of drug-likeness (QED) is 0.696. The lowest BCUT2D eigenvalue weighted by Gasteiger charge is -1.99. The number of aryl methyl sites for hydroxylation is 2. The van der Waals surface area contributed by atoms with Crippen LogP contribution in [-0.4, -0.2) is 5.33 Å². The molecule has 0 bridgehead atoms. The van der Waals surface area contributed by atoms with E-state index in [1.165, 1.54) is 16.7 Å². The summed E-state index contributed by atoms with van der Waals surface area (Å²) in [5.74, 6) is 0. The van der Waals surface area contributed by atoms with E-state index in [9.17, 15) is 0 Å². The summed E-state index contributed by atoms with van der Waals surface area (Å²) in [6, 6.07) is 6.61. The molecule has 13 heavy (non-hydrogen) atoms. The molecule has 1 heteroatoms. The Bertz CT molecular complexity index is 280. The third kappa shape index (κ3) is 3.77. The van der Waals surface area contributed by atoms with Crippen molar-refractivity contribution in [3.63, 3.8) is 0 Å². The topological polar surface area (TPSA) is 0 Å². The highest BCUT2D eigenvalue weighted by Gasteiger charge is 1.90. The van der Waals surface area contributed by atoms with E-state index in [0.717, 1.165) is 11.8 Å². The van der Waals surface area contributed by atoms with Gasteiger partial charge in [-0.25, -0.2) is 0 Å². The Morgan fingerprint density at radius 2 is 1.77 bits per heavy atom. The highest BCUT2D eigenvalue weighted by atomic mass is 79.9. The number of alkyl halides is 1. The van der Waals surface area contributed by atoms with Crippen molar-refractivity contribution in [1.29, 1.82) is 0 Å². The third-order valence-corrected chi connectivity index (χ3v) is 2.29. The predicted octanol–water partition coefficient (Wildman–Crippen LogP) is 4.10. The smallest absolute Gasteiger partial charge is 0.00660 e. The summed E-state index contributed by atoms with van der Waals surface area (Å²) in [5.41, 5.74) is 3.97. The third-order valence-electron chi connectivity index (χ3n) is 1.83. The molecule has 0 unspecified atom stereocenters. The summed E-state index contributed by atoms with van der Waals surface area (Å²) < 4.78 is 0. The van der Waals surface area contributed by atoms with Crippen molar-refractivity contribution < 1.29 is 0 Å². The van der Waals surface area contributed by atoms with E-state index in [1.807, 2.05) is 0 Å². The van der Waals surface area contributed by atoms with E-state index in [2.05, 4.69) is 60.1 Å². The number of benzene rings is 1. The Morgan fingerprint density at radius 1 is 1.15 bits per heavy atom. The molecule has 0 aliphatic carbocycles. The lowest BCUT2D eigenvalue weighted by molar-refractivity contribution is 1.27. The molecule has 0 spiro atoms. The molecule has 0 saturated carbocycles. The summed E-state index contributed by atoms with van der Waals surface area (Å²) >= 11 is 3.40. The maximum Gasteiger partial charge on any atom is 0.00660 e. The summed E-state index contributed by atoms with van der Waals surface area (Å²) in [4.78, 5) is 0. The normalized spacial score (nSPS) is 11.0. The van der Waals surface area contributed by atoms with Crippen LogP contribution in [0, 0.1) is 13.8 Å². The number of halogens is 1. The van der Waals surface area contributed by atoms with Crippen molar-refractivity contribution in [3.8, 4) is 0 Å². The van der Waals surface area contributed by atoms with E-state index in [1.54, 1.807) is 0 Å². The first-order chi connectivity index (χ1) is 6.22. The lowest BCUT2D eigenvalue weighted by atomic mass is 10.1. The molecular weight excluding hydrogens is 224 g/mol. The molecule has 0 aliphatic heterocycles. The monoisotopic (exact) mass is 238 g/mol. The van der Waals surface area contributed by atoms with Gasteiger partial charge in [0, 0.05) is 5.33 Å². The fourth-order valence-corrected chi connectivity index (χ4v) is 1.65. The van der Waals surface area contributed by atoms with Gasteiger partial charge < -0.3 is 0 Å². The molecule has 0 atom stereocenters. The van der Waals surface area contributed by atoms with Crippen LogP contribution in [0.25, 0.3) is 6.08 Å². The van der Waals surface area contributed by atoms with Crippen molar-refractivity contribution in [1.82, 2.24) is 0 Å². The second kappa shape index (κ2) is 5.23. The minimum absolute atomic E-state index is 1.04. The molecule has 0 aromatic heterocycles. The van der Waals surface area contributed by atoms with Gasteiger partial charge in [0.05, 0.1) is 0 Å². The lowest BCUT2D eigenvalue weighted by Crippen LogP contribution is -1.79. The van der Waals surface area contributed by atoms with Crippen molar-refractivity contribution >= 4 is 22.0 Å². The molecule has 1 aromatic rings. The van der Waals surface area contributed by atoms with E-state index in [-0.39, 0.29) is 0 Å². The summed E-state index contributed by atoms with van der Waals surface area (Å²) in [5, 5.41) is 1.04. The maximum atomic E-state index is 3.40.